The minimum absolute atomic E-state index is 0.114. The van der Waals surface area contributed by atoms with Crippen LogP contribution in [0.3, 0.4) is 0 Å². The summed E-state index contributed by atoms with van der Waals surface area (Å²) in [5, 5.41) is 11.9. The number of aliphatic hydroxyl groups excluding tert-OH is 1. The van der Waals surface area contributed by atoms with Gasteiger partial charge in [-0.15, -0.1) is 0 Å². The fourth-order valence-electron chi connectivity index (χ4n) is 5.07. The number of rotatable bonds is 6. The van der Waals surface area contributed by atoms with Crippen LogP contribution < -0.4 is 28.6 Å². The van der Waals surface area contributed by atoms with E-state index in [-0.39, 0.29) is 11.3 Å². The van der Waals surface area contributed by atoms with Gasteiger partial charge in [-0.25, -0.2) is 4.98 Å². The molecule has 3 aromatic carbocycles. The van der Waals surface area contributed by atoms with E-state index in [0.717, 1.165) is 10.3 Å². The minimum Gasteiger partial charge on any atom is -0.507 e. The number of aromatic nitrogens is 1. The van der Waals surface area contributed by atoms with E-state index in [0.29, 0.717) is 63.7 Å². The van der Waals surface area contributed by atoms with Gasteiger partial charge in [-0.1, -0.05) is 17.4 Å². The molecule has 0 bridgehead atoms. The topological polar surface area (TPSA) is 117 Å². The summed E-state index contributed by atoms with van der Waals surface area (Å²) in [7, 11) is 4.43. The molecule has 0 unspecified atom stereocenters. The van der Waals surface area contributed by atoms with Gasteiger partial charge in [-0.2, -0.15) is 0 Å². The van der Waals surface area contributed by atoms with Crippen LogP contribution in [0.1, 0.15) is 22.7 Å². The number of ether oxygens (including phenoxy) is 5. The second-order valence-electron chi connectivity index (χ2n) is 9.45. The van der Waals surface area contributed by atoms with E-state index in [2.05, 4.69) is 4.98 Å². The fourth-order valence-corrected chi connectivity index (χ4v) is 6.16. The quantitative estimate of drug-likeness (QED) is 0.192. The van der Waals surface area contributed by atoms with Crippen LogP contribution in [0.25, 0.3) is 16.0 Å². The molecule has 1 fully saturated rings. The Bertz CT molecular complexity index is 1720. The van der Waals surface area contributed by atoms with Crippen molar-refractivity contribution in [3.8, 4) is 28.7 Å². The average Bonchev–Trinajstić information content (AvgIpc) is 3.52. The summed E-state index contributed by atoms with van der Waals surface area (Å²) in [5.41, 5.74) is 2.36. The van der Waals surface area contributed by atoms with Crippen molar-refractivity contribution in [3.05, 3.63) is 70.8 Å². The van der Waals surface area contributed by atoms with Crippen LogP contribution >= 0.6 is 11.3 Å². The molecule has 4 aromatic rings. The third-order valence-electron chi connectivity index (χ3n) is 7.00. The Labute approximate surface area is 239 Å². The lowest BCUT2D eigenvalue weighted by Crippen LogP contribution is -2.29. The van der Waals surface area contributed by atoms with E-state index in [1.165, 1.54) is 37.6 Å². The molecular formula is C30H26N2O8S. The van der Waals surface area contributed by atoms with Crippen LogP contribution in [-0.4, -0.2) is 56.3 Å². The third kappa shape index (κ3) is 4.38. The number of hydrogen-bond acceptors (Lipinski definition) is 10. The third-order valence-corrected chi connectivity index (χ3v) is 8.02. The van der Waals surface area contributed by atoms with Crippen molar-refractivity contribution in [2.75, 3.05) is 39.4 Å². The molecule has 2 aliphatic rings. The van der Waals surface area contributed by atoms with E-state index in [9.17, 15) is 14.7 Å². The maximum atomic E-state index is 13.7. The fraction of sp³-hybridized carbons (Fsp3) is 0.233. The van der Waals surface area contributed by atoms with Gasteiger partial charge in [-0.05, 0) is 60.5 Å². The molecule has 210 valence electrons. The van der Waals surface area contributed by atoms with E-state index < -0.39 is 17.7 Å². The Morgan fingerprint density at radius 2 is 1.66 bits per heavy atom. The highest BCUT2D eigenvalue weighted by molar-refractivity contribution is 7.22. The molecule has 1 amide bonds. The van der Waals surface area contributed by atoms with E-state index >= 15 is 0 Å². The highest BCUT2D eigenvalue weighted by atomic mass is 32.1. The first-order valence-corrected chi connectivity index (χ1v) is 13.5. The first-order chi connectivity index (χ1) is 19.8. The summed E-state index contributed by atoms with van der Waals surface area (Å²) in [4.78, 5) is 33.4. The van der Waals surface area contributed by atoms with Crippen molar-refractivity contribution in [1.82, 2.24) is 4.98 Å². The number of Topliss-reactive ketones (excluding diaryl/α,β-unsaturated/α-hetero) is 1. The molecule has 0 aliphatic carbocycles. The van der Waals surface area contributed by atoms with Gasteiger partial charge >= 0.3 is 5.91 Å². The number of carbonyl (C=O) groups is 2. The summed E-state index contributed by atoms with van der Waals surface area (Å²) in [6, 6.07) is 12.9. The van der Waals surface area contributed by atoms with Gasteiger partial charge in [0, 0.05) is 5.56 Å². The molecule has 1 atom stereocenters. The van der Waals surface area contributed by atoms with E-state index in [1.54, 1.807) is 30.3 Å². The van der Waals surface area contributed by atoms with Crippen molar-refractivity contribution >= 4 is 44.1 Å². The second-order valence-corrected chi connectivity index (χ2v) is 10.5. The smallest absolute Gasteiger partial charge is 0.301 e. The van der Waals surface area contributed by atoms with E-state index in [4.69, 9.17) is 23.7 Å². The van der Waals surface area contributed by atoms with Crippen molar-refractivity contribution in [2.24, 2.45) is 0 Å². The summed E-state index contributed by atoms with van der Waals surface area (Å²) >= 11 is 1.28. The monoisotopic (exact) mass is 574 g/mol. The van der Waals surface area contributed by atoms with Crippen molar-refractivity contribution in [2.45, 2.75) is 13.0 Å². The predicted octanol–water partition coefficient (Wildman–Crippen LogP) is 5.03. The van der Waals surface area contributed by atoms with Crippen molar-refractivity contribution < 1.29 is 38.4 Å². The summed E-state index contributed by atoms with van der Waals surface area (Å²) in [5.74, 6) is -0.0836. The lowest BCUT2D eigenvalue weighted by atomic mass is 9.94. The van der Waals surface area contributed by atoms with Gasteiger partial charge < -0.3 is 28.8 Å². The number of ketones is 1. The molecule has 10 nitrogen and oxygen atoms in total. The zero-order valence-corrected chi connectivity index (χ0v) is 23.5. The molecule has 0 spiro atoms. The number of nitrogens with zero attached hydrogens (tertiary/aromatic N) is 2. The Hall–Kier alpha value is -4.77. The predicted molar refractivity (Wildman–Crippen MR) is 153 cm³/mol. The lowest BCUT2D eigenvalue weighted by Gasteiger charge is -2.25. The number of aryl methyl sites for hydroxylation is 1. The van der Waals surface area contributed by atoms with Crippen LogP contribution in [0.15, 0.2) is 54.1 Å². The van der Waals surface area contributed by atoms with Gasteiger partial charge in [0.25, 0.3) is 5.78 Å². The molecule has 3 heterocycles. The summed E-state index contributed by atoms with van der Waals surface area (Å²) in [6.07, 6.45) is 0. The number of benzene rings is 3. The van der Waals surface area contributed by atoms with Gasteiger partial charge in [0.05, 0.1) is 43.2 Å². The Balaban J connectivity index is 1.59. The summed E-state index contributed by atoms with van der Waals surface area (Å²) < 4.78 is 28.7. The minimum atomic E-state index is -1.06. The molecule has 2 aliphatic heterocycles. The standard InChI is InChI=1S/C30H26N2O8S/c1-15-5-7-18-23(11-15)41-30(31-18)32-25(17-13-21(36-2)28(38-4)22(14-17)37-3)24(27(34)29(32)35)26(33)16-6-8-19-20(12-16)40-10-9-39-19/h5-8,11-14,25,33H,9-10H2,1-4H3/t25-/m0/s1. The molecule has 0 saturated carbocycles. The number of amides is 1. The van der Waals surface area contributed by atoms with Gasteiger partial charge in [0.1, 0.15) is 19.0 Å². The second kappa shape index (κ2) is 10.3. The maximum absolute atomic E-state index is 13.7. The summed E-state index contributed by atoms with van der Waals surface area (Å²) in [6.45, 7) is 2.73. The normalized spacial score (nSPS) is 17.7. The average molecular weight is 575 g/mol. The zero-order valence-electron chi connectivity index (χ0n) is 22.7. The van der Waals surface area contributed by atoms with Crippen LogP contribution in [0, 0.1) is 6.92 Å². The molecule has 6 rings (SSSR count). The van der Waals surface area contributed by atoms with Crippen LogP contribution in [0.2, 0.25) is 0 Å². The van der Waals surface area contributed by atoms with Crippen LogP contribution in [0.5, 0.6) is 28.7 Å². The zero-order chi connectivity index (χ0) is 28.8. The highest BCUT2D eigenvalue weighted by Crippen LogP contribution is 2.48. The Morgan fingerprint density at radius 3 is 2.34 bits per heavy atom. The largest absolute Gasteiger partial charge is 0.507 e. The molecule has 1 aromatic heterocycles. The number of thiazole rings is 1. The van der Waals surface area contributed by atoms with Gasteiger partial charge in [0.15, 0.2) is 28.1 Å². The number of methoxy groups -OCH3 is 3. The van der Waals surface area contributed by atoms with Crippen LogP contribution in [0.4, 0.5) is 5.13 Å². The highest BCUT2D eigenvalue weighted by Gasteiger charge is 2.48. The number of anilines is 1. The lowest BCUT2D eigenvalue weighted by molar-refractivity contribution is -0.132. The van der Waals surface area contributed by atoms with Gasteiger partial charge in [-0.3, -0.25) is 14.5 Å². The molecule has 0 radical (unpaired) electrons. The molecule has 1 N–H and O–H groups in total. The SMILES string of the molecule is COc1cc([C@H]2C(=C(O)c3ccc4c(c3)OCCO4)C(=O)C(=O)N2c2nc3ccc(C)cc3s2)cc(OC)c1OC. The first kappa shape index (κ1) is 26.5. The molecule has 41 heavy (non-hydrogen) atoms. The van der Waals surface area contributed by atoms with Crippen molar-refractivity contribution in [3.63, 3.8) is 0 Å². The number of fused-ring (bicyclic) bond motifs is 2. The van der Waals surface area contributed by atoms with E-state index in [1.807, 2.05) is 25.1 Å². The first-order valence-electron chi connectivity index (χ1n) is 12.7. The maximum Gasteiger partial charge on any atom is 0.301 e. The van der Waals surface area contributed by atoms with Gasteiger partial charge in [0.2, 0.25) is 5.75 Å². The molecular weight excluding hydrogens is 548 g/mol. The number of hydrogen-bond donors (Lipinski definition) is 1. The molecule has 1 saturated heterocycles. The Morgan fingerprint density at radius 1 is 0.951 bits per heavy atom. The van der Waals surface area contributed by atoms with Crippen LogP contribution in [-0.2, 0) is 9.59 Å². The van der Waals surface area contributed by atoms with Crippen molar-refractivity contribution in [1.29, 1.82) is 0 Å². The number of aliphatic hydroxyl groups is 1. The molecule has 11 heteroatoms. The Kier molecular flexibility index (Phi) is 6.66. The number of carbonyl (C=O) groups excluding carboxylic acids is 2.